The highest BCUT2D eigenvalue weighted by molar-refractivity contribution is 5.60. The Morgan fingerprint density at radius 1 is 1.00 bits per heavy atom. The summed E-state index contributed by atoms with van der Waals surface area (Å²) in [6.45, 7) is 1.87. The lowest BCUT2D eigenvalue weighted by Crippen LogP contribution is -2.09. The summed E-state index contributed by atoms with van der Waals surface area (Å²) in [5, 5.41) is 0. The van der Waals surface area contributed by atoms with Gasteiger partial charge >= 0.3 is 0 Å². The van der Waals surface area contributed by atoms with Crippen LogP contribution in [0.3, 0.4) is 0 Å². The Hall–Kier alpha value is -1.74. The minimum Gasteiger partial charge on any atom is -0.322 e. The average molecular weight is 199 g/mol. The smallest absolute Gasteiger partial charge is 0.144 e. The second kappa shape index (κ2) is 4.19. The molecule has 1 heterocycles. The van der Waals surface area contributed by atoms with Crippen molar-refractivity contribution in [3.05, 3.63) is 48.5 Å². The summed E-state index contributed by atoms with van der Waals surface area (Å²) < 4.78 is 0. The molecule has 1 aromatic carbocycles. The number of hydrogen-bond donors (Lipinski definition) is 1. The van der Waals surface area contributed by atoms with E-state index < -0.39 is 0 Å². The van der Waals surface area contributed by atoms with Crippen molar-refractivity contribution >= 4 is 0 Å². The van der Waals surface area contributed by atoms with Crippen LogP contribution < -0.4 is 5.73 Å². The van der Waals surface area contributed by atoms with Gasteiger partial charge in [-0.05, 0) is 12.5 Å². The minimum absolute atomic E-state index is 0.116. The average Bonchev–Trinajstić information content (AvgIpc) is 2.30. The van der Waals surface area contributed by atoms with E-state index in [-0.39, 0.29) is 6.04 Å². The molecule has 1 atom stereocenters. The highest BCUT2D eigenvalue weighted by atomic mass is 14.9. The first kappa shape index (κ1) is 9.80. The van der Waals surface area contributed by atoms with Gasteiger partial charge in [-0.2, -0.15) is 0 Å². The molecule has 15 heavy (non-hydrogen) atoms. The third kappa shape index (κ3) is 2.19. The Morgan fingerprint density at radius 2 is 1.60 bits per heavy atom. The molecule has 0 aliphatic carbocycles. The molecule has 76 valence electrons. The topological polar surface area (TPSA) is 51.8 Å². The number of benzene rings is 1. The van der Waals surface area contributed by atoms with Crippen LogP contribution in [0.25, 0.3) is 11.1 Å². The van der Waals surface area contributed by atoms with E-state index in [9.17, 15) is 0 Å². The second-order valence-corrected chi connectivity index (χ2v) is 3.48. The van der Waals surface area contributed by atoms with Crippen molar-refractivity contribution in [2.24, 2.45) is 5.73 Å². The minimum atomic E-state index is -0.116. The van der Waals surface area contributed by atoms with Crippen LogP contribution in [0, 0.1) is 0 Å². The summed E-state index contributed by atoms with van der Waals surface area (Å²) >= 11 is 0. The monoisotopic (exact) mass is 199 g/mol. The van der Waals surface area contributed by atoms with E-state index in [1.807, 2.05) is 37.3 Å². The molecule has 0 radical (unpaired) electrons. The molecule has 0 aliphatic heterocycles. The molecule has 0 spiro atoms. The molecular formula is C12H13N3. The number of rotatable bonds is 2. The van der Waals surface area contributed by atoms with E-state index in [0.29, 0.717) is 5.82 Å². The third-order valence-corrected chi connectivity index (χ3v) is 2.19. The standard InChI is InChI=1S/C12H13N3/c1-9(13)12-14-7-11(8-15-12)10-5-3-2-4-6-10/h2-9H,13H2,1H3. The number of nitrogens with zero attached hydrogens (tertiary/aromatic N) is 2. The van der Waals surface area contributed by atoms with Gasteiger partial charge in [0.15, 0.2) is 0 Å². The third-order valence-electron chi connectivity index (χ3n) is 2.19. The highest BCUT2D eigenvalue weighted by Gasteiger charge is 2.03. The summed E-state index contributed by atoms with van der Waals surface area (Å²) in [7, 11) is 0. The lowest BCUT2D eigenvalue weighted by Gasteiger charge is -2.04. The summed E-state index contributed by atoms with van der Waals surface area (Å²) in [6.07, 6.45) is 3.61. The van der Waals surface area contributed by atoms with Crippen LogP contribution in [0.15, 0.2) is 42.7 Å². The zero-order valence-corrected chi connectivity index (χ0v) is 8.59. The molecule has 1 unspecified atom stereocenters. The normalized spacial score (nSPS) is 12.4. The van der Waals surface area contributed by atoms with E-state index in [0.717, 1.165) is 11.1 Å². The van der Waals surface area contributed by atoms with Crippen LogP contribution >= 0.6 is 0 Å². The van der Waals surface area contributed by atoms with Gasteiger partial charge in [-0.1, -0.05) is 30.3 Å². The van der Waals surface area contributed by atoms with Crippen LogP contribution in [0.5, 0.6) is 0 Å². The molecule has 2 rings (SSSR count). The Bertz CT molecular complexity index is 420. The van der Waals surface area contributed by atoms with E-state index in [1.165, 1.54) is 0 Å². The fraction of sp³-hybridized carbons (Fsp3) is 0.167. The van der Waals surface area contributed by atoms with Crippen molar-refractivity contribution in [1.29, 1.82) is 0 Å². The summed E-state index contributed by atoms with van der Waals surface area (Å²) in [6, 6.07) is 9.92. The predicted octanol–water partition coefficient (Wildman–Crippen LogP) is 2.16. The molecule has 2 N–H and O–H groups in total. The van der Waals surface area contributed by atoms with Crippen LogP contribution in [-0.2, 0) is 0 Å². The number of hydrogen-bond acceptors (Lipinski definition) is 3. The van der Waals surface area contributed by atoms with Gasteiger partial charge in [0.25, 0.3) is 0 Å². The molecule has 3 nitrogen and oxygen atoms in total. The summed E-state index contributed by atoms with van der Waals surface area (Å²) in [5.74, 6) is 0.676. The van der Waals surface area contributed by atoms with E-state index in [1.54, 1.807) is 12.4 Å². The molecule has 0 fully saturated rings. The maximum absolute atomic E-state index is 5.68. The molecule has 3 heteroatoms. The van der Waals surface area contributed by atoms with Crippen LogP contribution in [0.4, 0.5) is 0 Å². The molecule has 2 aromatic rings. The van der Waals surface area contributed by atoms with Gasteiger partial charge in [0.2, 0.25) is 0 Å². The predicted molar refractivity (Wildman–Crippen MR) is 60.1 cm³/mol. The maximum Gasteiger partial charge on any atom is 0.144 e. The Balaban J connectivity index is 2.32. The maximum atomic E-state index is 5.68. The number of aromatic nitrogens is 2. The van der Waals surface area contributed by atoms with Crippen molar-refractivity contribution in [3.63, 3.8) is 0 Å². The zero-order chi connectivity index (χ0) is 10.7. The first-order chi connectivity index (χ1) is 7.27. The van der Waals surface area contributed by atoms with Crippen LogP contribution in [0.1, 0.15) is 18.8 Å². The molecule has 0 aliphatic rings. The molecule has 0 amide bonds. The summed E-state index contributed by atoms with van der Waals surface area (Å²) in [4.78, 5) is 8.44. The number of nitrogens with two attached hydrogens (primary N) is 1. The Morgan fingerprint density at radius 3 is 2.13 bits per heavy atom. The fourth-order valence-electron chi connectivity index (χ4n) is 1.35. The van der Waals surface area contributed by atoms with E-state index in [2.05, 4.69) is 9.97 Å². The van der Waals surface area contributed by atoms with Crippen molar-refractivity contribution in [1.82, 2.24) is 9.97 Å². The fourth-order valence-corrected chi connectivity index (χ4v) is 1.35. The Labute approximate surface area is 89.0 Å². The SMILES string of the molecule is CC(N)c1ncc(-c2ccccc2)cn1. The van der Waals surface area contributed by atoms with Crippen LogP contribution in [0.2, 0.25) is 0 Å². The van der Waals surface area contributed by atoms with Crippen molar-refractivity contribution in [2.45, 2.75) is 13.0 Å². The van der Waals surface area contributed by atoms with Gasteiger partial charge in [0.05, 0.1) is 6.04 Å². The molecule has 0 saturated carbocycles. The quantitative estimate of drug-likeness (QED) is 0.806. The lowest BCUT2D eigenvalue weighted by molar-refractivity contribution is 0.739. The van der Waals surface area contributed by atoms with Crippen LogP contribution in [-0.4, -0.2) is 9.97 Å². The molecule has 1 aromatic heterocycles. The van der Waals surface area contributed by atoms with Gasteiger partial charge in [0.1, 0.15) is 5.82 Å². The lowest BCUT2D eigenvalue weighted by atomic mass is 10.1. The van der Waals surface area contributed by atoms with Crippen molar-refractivity contribution < 1.29 is 0 Å². The van der Waals surface area contributed by atoms with Crippen molar-refractivity contribution in [2.75, 3.05) is 0 Å². The van der Waals surface area contributed by atoms with Gasteiger partial charge in [-0.25, -0.2) is 9.97 Å². The van der Waals surface area contributed by atoms with Gasteiger partial charge < -0.3 is 5.73 Å². The molecule has 0 saturated heterocycles. The summed E-state index contributed by atoms with van der Waals surface area (Å²) in [5.41, 5.74) is 7.81. The largest absolute Gasteiger partial charge is 0.322 e. The first-order valence-corrected chi connectivity index (χ1v) is 4.90. The van der Waals surface area contributed by atoms with Gasteiger partial charge in [-0.15, -0.1) is 0 Å². The molecule has 0 bridgehead atoms. The molecular weight excluding hydrogens is 186 g/mol. The van der Waals surface area contributed by atoms with Gasteiger partial charge in [-0.3, -0.25) is 0 Å². The highest BCUT2D eigenvalue weighted by Crippen LogP contribution is 2.17. The Kier molecular flexibility index (Phi) is 2.74. The second-order valence-electron chi connectivity index (χ2n) is 3.48. The van der Waals surface area contributed by atoms with Crippen molar-refractivity contribution in [3.8, 4) is 11.1 Å². The first-order valence-electron chi connectivity index (χ1n) is 4.90. The zero-order valence-electron chi connectivity index (χ0n) is 8.59. The van der Waals surface area contributed by atoms with E-state index >= 15 is 0 Å². The van der Waals surface area contributed by atoms with E-state index in [4.69, 9.17) is 5.73 Å². The van der Waals surface area contributed by atoms with Gasteiger partial charge in [0, 0.05) is 18.0 Å².